The number of nitrogens with one attached hydrogen (secondary N) is 1. The normalized spacial score (nSPS) is 14.0. The van der Waals surface area contributed by atoms with E-state index in [9.17, 15) is 4.79 Å². The Kier molecular flexibility index (Phi) is 5.52. The Morgan fingerprint density at radius 2 is 2.19 bits per heavy atom. The van der Waals surface area contributed by atoms with E-state index in [1.807, 2.05) is 36.2 Å². The zero-order valence-corrected chi connectivity index (χ0v) is 13.0. The van der Waals surface area contributed by atoms with Crippen LogP contribution in [0.2, 0.25) is 0 Å². The average Bonchev–Trinajstić information content (AvgIpc) is 3.22. The van der Waals surface area contributed by atoms with E-state index in [4.69, 9.17) is 22.7 Å². The summed E-state index contributed by atoms with van der Waals surface area (Å²) >= 11 is 4.99. The molecule has 114 valence electrons. The topological polar surface area (TPSA) is 67.6 Å². The van der Waals surface area contributed by atoms with Crippen LogP contribution in [0.5, 0.6) is 5.75 Å². The maximum Gasteiger partial charge on any atom is 0.234 e. The number of hydrogen-bond acceptors (Lipinski definition) is 4. The number of amides is 1. The maximum absolute atomic E-state index is 11.7. The Labute approximate surface area is 130 Å². The lowest BCUT2D eigenvalue weighted by Crippen LogP contribution is -2.37. The van der Waals surface area contributed by atoms with Gasteiger partial charge in [0.25, 0.3) is 0 Å². The van der Waals surface area contributed by atoms with Crippen LogP contribution < -0.4 is 15.8 Å². The van der Waals surface area contributed by atoms with Crippen molar-refractivity contribution >= 4 is 23.1 Å². The minimum Gasteiger partial charge on any atom is -0.492 e. The molecular formula is C15H21N3O2S. The fourth-order valence-electron chi connectivity index (χ4n) is 1.93. The van der Waals surface area contributed by atoms with E-state index in [0.29, 0.717) is 36.5 Å². The summed E-state index contributed by atoms with van der Waals surface area (Å²) in [6, 6.07) is 7.83. The van der Waals surface area contributed by atoms with Gasteiger partial charge in [0.1, 0.15) is 17.3 Å². The van der Waals surface area contributed by atoms with Crippen molar-refractivity contribution in [1.29, 1.82) is 0 Å². The maximum atomic E-state index is 11.7. The van der Waals surface area contributed by atoms with Gasteiger partial charge in [-0.25, -0.2) is 0 Å². The molecule has 5 nitrogen and oxygen atoms in total. The van der Waals surface area contributed by atoms with Gasteiger partial charge in [0.05, 0.1) is 12.1 Å². The third kappa shape index (κ3) is 5.32. The molecule has 1 amide bonds. The number of likely N-dealkylation sites (N-methyl/N-ethyl adjacent to an activating group) is 1. The second-order valence-corrected chi connectivity index (χ2v) is 5.73. The molecule has 21 heavy (non-hydrogen) atoms. The van der Waals surface area contributed by atoms with Crippen molar-refractivity contribution in [3.05, 3.63) is 29.8 Å². The number of rotatable bonds is 8. The van der Waals surface area contributed by atoms with Gasteiger partial charge >= 0.3 is 0 Å². The Bertz CT molecular complexity index is 517. The highest BCUT2D eigenvalue weighted by Crippen LogP contribution is 2.18. The zero-order chi connectivity index (χ0) is 15.2. The largest absolute Gasteiger partial charge is 0.492 e. The van der Waals surface area contributed by atoms with Crippen LogP contribution in [0.3, 0.4) is 0 Å². The number of hydrogen-bond donors (Lipinski definition) is 2. The molecule has 0 saturated heterocycles. The van der Waals surface area contributed by atoms with E-state index in [1.165, 1.54) is 0 Å². The van der Waals surface area contributed by atoms with E-state index in [0.717, 1.165) is 18.4 Å². The molecule has 0 aromatic heterocycles. The summed E-state index contributed by atoms with van der Waals surface area (Å²) in [5.41, 5.74) is 6.39. The van der Waals surface area contributed by atoms with Crippen molar-refractivity contribution in [2.24, 2.45) is 5.73 Å². The van der Waals surface area contributed by atoms with Gasteiger partial charge in [-0.3, -0.25) is 9.69 Å². The predicted molar refractivity (Wildman–Crippen MR) is 86.5 cm³/mol. The monoisotopic (exact) mass is 307 g/mol. The fourth-order valence-corrected chi connectivity index (χ4v) is 2.10. The minimum atomic E-state index is 0.0727. The van der Waals surface area contributed by atoms with Crippen molar-refractivity contribution < 1.29 is 9.53 Å². The SMILES string of the molecule is CN(CCOc1ccccc1C(N)=S)CC(=O)NC1CC1. The van der Waals surface area contributed by atoms with Crippen LogP contribution in [0, 0.1) is 0 Å². The molecule has 3 N–H and O–H groups in total. The van der Waals surface area contributed by atoms with Crippen LogP contribution in [0.1, 0.15) is 18.4 Å². The first-order valence-electron chi connectivity index (χ1n) is 7.06. The first-order valence-corrected chi connectivity index (χ1v) is 7.46. The van der Waals surface area contributed by atoms with E-state index >= 15 is 0 Å². The Hall–Kier alpha value is -1.66. The van der Waals surface area contributed by atoms with Gasteiger partial charge in [-0.2, -0.15) is 0 Å². The first-order chi connectivity index (χ1) is 10.1. The Balaban J connectivity index is 1.73. The Morgan fingerprint density at radius 1 is 1.48 bits per heavy atom. The van der Waals surface area contributed by atoms with Crippen LogP contribution in [0.4, 0.5) is 0 Å². The molecule has 0 bridgehead atoms. The molecule has 0 radical (unpaired) electrons. The lowest BCUT2D eigenvalue weighted by atomic mass is 10.2. The molecule has 0 heterocycles. The average molecular weight is 307 g/mol. The standard InChI is InChI=1S/C15H21N3O2S/c1-18(10-14(19)17-11-6-7-11)8-9-20-13-5-3-2-4-12(13)15(16)21/h2-5,11H,6-10H2,1H3,(H2,16,21)(H,17,19). The molecule has 2 rings (SSSR count). The number of para-hydroxylation sites is 1. The summed E-state index contributed by atoms with van der Waals surface area (Å²) in [7, 11) is 1.90. The minimum absolute atomic E-state index is 0.0727. The van der Waals surface area contributed by atoms with E-state index in [2.05, 4.69) is 5.32 Å². The summed E-state index contributed by atoms with van der Waals surface area (Å²) in [5, 5.41) is 2.96. The van der Waals surface area contributed by atoms with Gasteiger partial charge in [-0.05, 0) is 32.0 Å². The van der Waals surface area contributed by atoms with Crippen LogP contribution >= 0.6 is 12.2 Å². The number of nitrogens with two attached hydrogens (primary N) is 1. The van der Waals surface area contributed by atoms with Crippen LogP contribution in [0.15, 0.2) is 24.3 Å². The molecule has 0 aliphatic heterocycles. The van der Waals surface area contributed by atoms with Gasteiger partial charge in [0, 0.05) is 12.6 Å². The van der Waals surface area contributed by atoms with Gasteiger partial charge in [0.15, 0.2) is 0 Å². The molecule has 0 atom stereocenters. The molecule has 0 unspecified atom stereocenters. The number of benzene rings is 1. The van der Waals surface area contributed by atoms with Gasteiger partial charge in [-0.1, -0.05) is 24.4 Å². The van der Waals surface area contributed by atoms with Crippen LogP contribution in [0.25, 0.3) is 0 Å². The molecule has 0 spiro atoms. The summed E-state index contributed by atoms with van der Waals surface area (Å²) < 4.78 is 5.70. The molecule has 6 heteroatoms. The van der Waals surface area contributed by atoms with Crippen molar-refractivity contribution in [2.75, 3.05) is 26.7 Å². The molecular weight excluding hydrogens is 286 g/mol. The number of thiocarbonyl (C=S) groups is 1. The highest BCUT2D eigenvalue weighted by molar-refractivity contribution is 7.80. The first kappa shape index (κ1) is 15.7. The predicted octanol–water partition coefficient (Wildman–Crippen LogP) is 0.910. The third-order valence-electron chi connectivity index (χ3n) is 3.24. The van der Waals surface area contributed by atoms with Crippen molar-refractivity contribution in [3.8, 4) is 5.75 Å². The lowest BCUT2D eigenvalue weighted by molar-refractivity contribution is -0.122. The second kappa shape index (κ2) is 7.38. The van der Waals surface area contributed by atoms with Crippen LogP contribution in [-0.4, -0.2) is 48.6 Å². The van der Waals surface area contributed by atoms with E-state index in [-0.39, 0.29) is 5.91 Å². The third-order valence-corrected chi connectivity index (χ3v) is 3.46. The molecule has 1 fully saturated rings. The molecule has 1 aliphatic carbocycles. The number of ether oxygens (including phenoxy) is 1. The number of nitrogens with zero attached hydrogens (tertiary/aromatic N) is 1. The summed E-state index contributed by atoms with van der Waals surface area (Å²) in [6.07, 6.45) is 2.21. The molecule has 1 aromatic rings. The number of carbonyl (C=O) groups excluding carboxylic acids is 1. The fraction of sp³-hybridized carbons (Fsp3) is 0.467. The Morgan fingerprint density at radius 3 is 2.86 bits per heavy atom. The summed E-state index contributed by atoms with van der Waals surface area (Å²) in [6.45, 7) is 1.52. The smallest absolute Gasteiger partial charge is 0.234 e. The molecule has 1 aromatic carbocycles. The highest BCUT2D eigenvalue weighted by atomic mass is 32.1. The summed E-state index contributed by atoms with van der Waals surface area (Å²) in [4.78, 5) is 13.9. The highest BCUT2D eigenvalue weighted by Gasteiger charge is 2.23. The van der Waals surface area contributed by atoms with E-state index < -0.39 is 0 Å². The molecule has 1 saturated carbocycles. The van der Waals surface area contributed by atoms with E-state index in [1.54, 1.807) is 0 Å². The van der Waals surface area contributed by atoms with Gasteiger partial charge in [0.2, 0.25) is 5.91 Å². The van der Waals surface area contributed by atoms with Crippen LogP contribution in [-0.2, 0) is 4.79 Å². The van der Waals surface area contributed by atoms with Crippen molar-refractivity contribution in [2.45, 2.75) is 18.9 Å². The lowest BCUT2D eigenvalue weighted by Gasteiger charge is -2.17. The van der Waals surface area contributed by atoms with Gasteiger partial charge in [-0.15, -0.1) is 0 Å². The quantitative estimate of drug-likeness (QED) is 0.699. The number of carbonyl (C=O) groups is 1. The summed E-state index contributed by atoms with van der Waals surface area (Å²) in [5.74, 6) is 0.754. The van der Waals surface area contributed by atoms with Crippen molar-refractivity contribution in [3.63, 3.8) is 0 Å². The zero-order valence-electron chi connectivity index (χ0n) is 12.2. The van der Waals surface area contributed by atoms with Gasteiger partial charge < -0.3 is 15.8 Å². The second-order valence-electron chi connectivity index (χ2n) is 5.29. The van der Waals surface area contributed by atoms with Crippen molar-refractivity contribution in [1.82, 2.24) is 10.2 Å². The molecule has 1 aliphatic rings.